The van der Waals surface area contributed by atoms with Gasteiger partial charge < -0.3 is 10.6 Å². The molecule has 0 spiro atoms. The van der Waals surface area contributed by atoms with Crippen LogP contribution in [0.3, 0.4) is 0 Å². The number of hydrogen-bond acceptors (Lipinski definition) is 4. The maximum absolute atomic E-state index is 12.3. The quantitative estimate of drug-likeness (QED) is 0.873. The Morgan fingerprint density at radius 1 is 1.20 bits per heavy atom. The molecule has 0 saturated heterocycles. The van der Waals surface area contributed by atoms with E-state index in [0.29, 0.717) is 13.0 Å². The average Bonchev–Trinajstić information content (AvgIpc) is 2.94. The predicted octanol–water partition coefficient (Wildman–Crippen LogP) is 1.35. The minimum atomic E-state index is -3.50. The number of para-hydroxylation sites is 1. The highest BCUT2D eigenvalue weighted by Gasteiger charge is 2.32. The Kier molecular flexibility index (Phi) is 4.53. The smallest absolute Gasteiger partial charge is 0.242 e. The third-order valence-corrected chi connectivity index (χ3v) is 6.26. The number of hydrogen-bond donors (Lipinski definition) is 1. The van der Waals surface area contributed by atoms with Crippen LogP contribution >= 0.6 is 0 Å². The Balaban J connectivity index is 1.95. The van der Waals surface area contributed by atoms with E-state index in [1.807, 2.05) is 35.2 Å². The molecule has 7 heteroatoms. The molecule has 1 aliphatic heterocycles. The van der Waals surface area contributed by atoms with Gasteiger partial charge in [-0.2, -0.15) is 0 Å². The molecular formula is C18H21N3O3S. The van der Waals surface area contributed by atoms with Crippen molar-refractivity contribution in [3.63, 3.8) is 0 Å². The highest BCUT2D eigenvalue weighted by molar-refractivity contribution is 7.89. The molecule has 2 aromatic rings. The number of nitrogens with zero attached hydrogens (tertiary/aromatic N) is 2. The number of rotatable bonds is 5. The summed E-state index contributed by atoms with van der Waals surface area (Å²) in [6.45, 7) is 0.418. The van der Waals surface area contributed by atoms with E-state index >= 15 is 0 Å². The molecule has 0 aliphatic carbocycles. The zero-order chi connectivity index (χ0) is 18.2. The van der Waals surface area contributed by atoms with Crippen molar-refractivity contribution >= 4 is 21.6 Å². The molecule has 0 saturated carbocycles. The van der Waals surface area contributed by atoms with E-state index in [0.717, 1.165) is 16.8 Å². The molecule has 0 fully saturated rings. The summed E-state index contributed by atoms with van der Waals surface area (Å²) >= 11 is 0. The first-order valence-electron chi connectivity index (χ1n) is 7.96. The standard InChI is InChI=1S/C18H21N3O3S/c1-20(2)25(23,24)15-8-5-6-13(10-15)12-21-16-9-4-3-7-14(16)11-17(21)18(19)22/h3-10,17H,11-12H2,1-2H3,(H2,19,22)/t17-/m0/s1. The highest BCUT2D eigenvalue weighted by Crippen LogP contribution is 2.33. The van der Waals surface area contributed by atoms with E-state index in [1.165, 1.54) is 18.4 Å². The molecule has 1 aliphatic rings. The van der Waals surface area contributed by atoms with E-state index in [9.17, 15) is 13.2 Å². The Labute approximate surface area is 147 Å². The molecule has 3 rings (SSSR count). The minimum Gasteiger partial charge on any atom is -0.368 e. The molecule has 1 atom stereocenters. The van der Waals surface area contributed by atoms with Crippen molar-refractivity contribution in [3.05, 3.63) is 59.7 Å². The summed E-state index contributed by atoms with van der Waals surface area (Å²) in [6.07, 6.45) is 0.571. The lowest BCUT2D eigenvalue weighted by atomic mass is 10.1. The SMILES string of the molecule is CN(C)S(=O)(=O)c1cccc(CN2c3ccccc3C[C@H]2C(N)=O)c1. The second-order valence-electron chi connectivity index (χ2n) is 6.31. The van der Waals surface area contributed by atoms with Crippen LogP contribution in [0.25, 0.3) is 0 Å². The van der Waals surface area contributed by atoms with Crippen molar-refractivity contribution in [2.45, 2.75) is 23.9 Å². The van der Waals surface area contributed by atoms with Crippen molar-refractivity contribution in [2.24, 2.45) is 5.73 Å². The lowest BCUT2D eigenvalue weighted by Crippen LogP contribution is -2.42. The Bertz CT molecular complexity index is 909. The lowest BCUT2D eigenvalue weighted by molar-refractivity contribution is -0.119. The molecule has 1 amide bonds. The summed E-state index contributed by atoms with van der Waals surface area (Å²) < 4.78 is 25.8. The molecule has 1 heterocycles. The second-order valence-corrected chi connectivity index (χ2v) is 8.47. The molecule has 25 heavy (non-hydrogen) atoms. The van der Waals surface area contributed by atoms with E-state index in [-0.39, 0.29) is 10.8 Å². The van der Waals surface area contributed by atoms with Crippen LogP contribution in [0.4, 0.5) is 5.69 Å². The number of benzene rings is 2. The summed E-state index contributed by atoms with van der Waals surface area (Å²) in [5.41, 5.74) is 8.43. The van der Waals surface area contributed by atoms with Crippen molar-refractivity contribution in [1.82, 2.24) is 4.31 Å². The Morgan fingerprint density at radius 3 is 2.60 bits per heavy atom. The molecule has 0 radical (unpaired) electrons. The van der Waals surface area contributed by atoms with Crippen LogP contribution in [-0.2, 0) is 27.8 Å². The average molecular weight is 359 g/mol. The first kappa shape index (κ1) is 17.4. The minimum absolute atomic E-state index is 0.234. The van der Waals surface area contributed by atoms with Gasteiger partial charge in [0.15, 0.2) is 0 Å². The Morgan fingerprint density at radius 2 is 1.92 bits per heavy atom. The van der Waals surface area contributed by atoms with Gasteiger partial charge in [0.1, 0.15) is 6.04 Å². The van der Waals surface area contributed by atoms with E-state index in [1.54, 1.807) is 18.2 Å². The third kappa shape index (κ3) is 3.25. The molecule has 2 aromatic carbocycles. The van der Waals surface area contributed by atoms with Gasteiger partial charge in [-0.25, -0.2) is 12.7 Å². The molecular weight excluding hydrogens is 338 g/mol. The van der Waals surface area contributed by atoms with Crippen LogP contribution in [0.15, 0.2) is 53.4 Å². The fourth-order valence-electron chi connectivity index (χ4n) is 3.11. The van der Waals surface area contributed by atoms with Crippen LogP contribution in [0.1, 0.15) is 11.1 Å². The van der Waals surface area contributed by atoms with Crippen LogP contribution in [-0.4, -0.2) is 38.8 Å². The number of primary amides is 1. The van der Waals surface area contributed by atoms with Crippen molar-refractivity contribution in [3.8, 4) is 0 Å². The molecule has 6 nitrogen and oxygen atoms in total. The van der Waals surface area contributed by atoms with Gasteiger partial charge >= 0.3 is 0 Å². The first-order valence-corrected chi connectivity index (χ1v) is 9.40. The molecule has 0 aromatic heterocycles. The van der Waals surface area contributed by atoms with Gasteiger partial charge in [0, 0.05) is 32.7 Å². The van der Waals surface area contributed by atoms with Crippen molar-refractivity contribution < 1.29 is 13.2 Å². The second kappa shape index (κ2) is 6.50. The fourth-order valence-corrected chi connectivity index (χ4v) is 4.08. The summed E-state index contributed by atoms with van der Waals surface area (Å²) in [7, 11) is -0.497. The zero-order valence-electron chi connectivity index (χ0n) is 14.2. The normalized spacial score (nSPS) is 16.9. The highest BCUT2D eigenvalue weighted by atomic mass is 32.2. The first-order chi connectivity index (χ1) is 11.8. The summed E-state index contributed by atoms with van der Waals surface area (Å²) in [6, 6.07) is 14.2. The van der Waals surface area contributed by atoms with Crippen LogP contribution in [0.5, 0.6) is 0 Å². The largest absolute Gasteiger partial charge is 0.368 e. The maximum atomic E-state index is 12.3. The van der Waals surface area contributed by atoms with Gasteiger partial charge in [0.25, 0.3) is 0 Å². The molecule has 0 unspecified atom stereocenters. The topological polar surface area (TPSA) is 83.7 Å². The van der Waals surface area contributed by atoms with Crippen LogP contribution < -0.4 is 10.6 Å². The zero-order valence-corrected chi connectivity index (χ0v) is 15.0. The number of amides is 1. The number of carbonyl (C=O) groups is 1. The van der Waals surface area contributed by atoms with Gasteiger partial charge in [0.05, 0.1) is 4.90 Å². The van der Waals surface area contributed by atoms with Crippen LogP contribution in [0.2, 0.25) is 0 Å². The summed E-state index contributed by atoms with van der Waals surface area (Å²) in [5, 5.41) is 0. The van der Waals surface area contributed by atoms with Crippen LogP contribution in [0, 0.1) is 0 Å². The van der Waals surface area contributed by atoms with Crippen molar-refractivity contribution in [2.75, 3.05) is 19.0 Å². The number of carbonyl (C=O) groups excluding carboxylic acids is 1. The van der Waals surface area contributed by atoms with E-state index < -0.39 is 16.1 Å². The Hall–Kier alpha value is -2.38. The molecule has 0 bridgehead atoms. The number of anilines is 1. The van der Waals surface area contributed by atoms with E-state index in [4.69, 9.17) is 5.73 Å². The fraction of sp³-hybridized carbons (Fsp3) is 0.278. The number of nitrogens with two attached hydrogens (primary N) is 1. The van der Waals surface area contributed by atoms with E-state index in [2.05, 4.69) is 0 Å². The molecule has 132 valence electrons. The van der Waals surface area contributed by atoms with Gasteiger partial charge in [-0.05, 0) is 29.3 Å². The van der Waals surface area contributed by atoms with Gasteiger partial charge in [0.2, 0.25) is 15.9 Å². The maximum Gasteiger partial charge on any atom is 0.242 e. The van der Waals surface area contributed by atoms with Crippen molar-refractivity contribution in [1.29, 1.82) is 0 Å². The number of fused-ring (bicyclic) bond motifs is 1. The van der Waals surface area contributed by atoms with Gasteiger partial charge in [-0.3, -0.25) is 4.79 Å². The predicted molar refractivity (Wildman–Crippen MR) is 96.6 cm³/mol. The van der Waals surface area contributed by atoms with Gasteiger partial charge in [-0.15, -0.1) is 0 Å². The molecule has 2 N–H and O–H groups in total. The monoisotopic (exact) mass is 359 g/mol. The summed E-state index contributed by atoms with van der Waals surface area (Å²) in [5.74, 6) is -0.381. The summed E-state index contributed by atoms with van der Waals surface area (Å²) in [4.78, 5) is 14.0. The third-order valence-electron chi connectivity index (χ3n) is 4.45. The van der Waals surface area contributed by atoms with Gasteiger partial charge in [-0.1, -0.05) is 30.3 Å². The number of sulfonamides is 1. The lowest BCUT2D eigenvalue weighted by Gasteiger charge is -2.25.